The quantitative estimate of drug-likeness (QED) is 0.779. The smallest absolute Gasteiger partial charge is 0.370 e. The topological polar surface area (TPSA) is 102 Å². The molecule has 2 saturated heterocycles. The zero-order chi connectivity index (χ0) is 22.1. The molecule has 2 aliphatic rings. The lowest BCUT2D eigenvalue weighted by atomic mass is 9.70. The fraction of sp³-hybridized carbons (Fsp3) is 0.550. The van der Waals surface area contributed by atoms with Crippen LogP contribution in [0.1, 0.15) is 30.9 Å². The van der Waals surface area contributed by atoms with Gasteiger partial charge in [-0.05, 0) is 38.0 Å². The Morgan fingerprint density at radius 1 is 1.33 bits per heavy atom. The molecule has 0 saturated carbocycles. The molecule has 0 radical (unpaired) electrons. The number of nitrogens with zero attached hydrogens (tertiary/aromatic N) is 3. The third kappa shape index (κ3) is 4.01. The lowest BCUT2D eigenvalue weighted by Gasteiger charge is -2.41. The maximum Gasteiger partial charge on any atom is 0.417 e. The van der Waals surface area contributed by atoms with E-state index in [0.29, 0.717) is 44.7 Å². The predicted octanol–water partition coefficient (Wildman–Crippen LogP) is 2.31. The van der Waals surface area contributed by atoms with E-state index in [4.69, 9.17) is 11.0 Å². The predicted molar refractivity (Wildman–Crippen MR) is 103 cm³/mol. The van der Waals surface area contributed by atoms with Crippen LogP contribution >= 0.6 is 0 Å². The summed E-state index contributed by atoms with van der Waals surface area (Å²) in [5.41, 5.74) is 4.01. The first-order chi connectivity index (χ1) is 14.1. The van der Waals surface area contributed by atoms with Crippen molar-refractivity contribution in [1.82, 2.24) is 10.2 Å². The van der Waals surface area contributed by atoms with Crippen LogP contribution in [0.3, 0.4) is 0 Å². The van der Waals surface area contributed by atoms with Crippen molar-refractivity contribution < 1.29 is 22.8 Å². The Labute approximate surface area is 172 Å². The number of rotatable bonds is 3. The summed E-state index contributed by atoms with van der Waals surface area (Å²) in [4.78, 5) is 27.7. The highest BCUT2D eigenvalue weighted by Crippen LogP contribution is 2.46. The maximum absolute atomic E-state index is 13.3. The monoisotopic (exact) mass is 423 g/mol. The minimum atomic E-state index is -4.65. The second kappa shape index (κ2) is 8.05. The van der Waals surface area contributed by atoms with Gasteiger partial charge in [-0.15, -0.1) is 0 Å². The summed E-state index contributed by atoms with van der Waals surface area (Å²) in [5.74, 6) is -1.02. The van der Waals surface area contributed by atoms with Crippen molar-refractivity contribution >= 4 is 17.6 Å². The number of anilines is 1. The van der Waals surface area contributed by atoms with Gasteiger partial charge in [-0.2, -0.15) is 18.4 Å². The number of hydrogen-bond donors (Lipinski definition) is 2. The van der Waals surface area contributed by atoms with Crippen LogP contribution in [-0.4, -0.2) is 49.6 Å². The summed E-state index contributed by atoms with van der Waals surface area (Å²) in [6, 6.07) is 4.98. The number of primary amides is 1. The van der Waals surface area contributed by atoms with Crippen LogP contribution in [-0.2, 0) is 11.0 Å². The highest BCUT2D eigenvalue weighted by Gasteiger charge is 2.51. The van der Waals surface area contributed by atoms with Crippen molar-refractivity contribution in [2.75, 3.05) is 37.6 Å². The van der Waals surface area contributed by atoms with E-state index in [1.54, 1.807) is 15.9 Å². The molecule has 2 heterocycles. The summed E-state index contributed by atoms with van der Waals surface area (Å²) >= 11 is 0. The van der Waals surface area contributed by atoms with Gasteiger partial charge in [0.15, 0.2) is 0 Å². The molecule has 2 aliphatic heterocycles. The molecule has 0 bridgehead atoms. The third-order valence-corrected chi connectivity index (χ3v) is 6.16. The Morgan fingerprint density at radius 3 is 2.53 bits per heavy atom. The molecule has 3 amide bonds. The molecule has 2 fully saturated rings. The number of urea groups is 1. The van der Waals surface area contributed by atoms with E-state index >= 15 is 0 Å². The molecule has 162 valence electrons. The summed E-state index contributed by atoms with van der Waals surface area (Å²) < 4.78 is 40.0. The van der Waals surface area contributed by atoms with Gasteiger partial charge in [-0.3, -0.25) is 4.79 Å². The molecule has 0 aromatic heterocycles. The number of piperidine rings is 1. The summed E-state index contributed by atoms with van der Waals surface area (Å²) in [7, 11) is 0. The number of nitrogens with one attached hydrogen (secondary N) is 1. The van der Waals surface area contributed by atoms with Gasteiger partial charge < -0.3 is 20.9 Å². The summed E-state index contributed by atoms with van der Waals surface area (Å²) in [6.45, 7) is 3.81. The molecule has 0 aliphatic carbocycles. The number of likely N-dealkylation sites (tertiary alicyclic amines) is 1. The Balaban J connectivity index is 1.85. The second-order valence-corrected chi connectivity index (χ2v) is 7.86. The van der Waals surface area contributed by atoms with Gasteiger partial charge in [-0.25, -0.2) is 4.79 Å². The molecule has 1 unspecified atom stereocenters. The van der Waals surface area contributed by atoms with Crippen molar-refractivity contribution in [1.29, 1.82) is 5.26 Å². The Kier molecular flexibility index (Phi) is 5.83. The van der Waals surface area contributed by atoms with Gasteiger partial charge in [0.2, 0.25) is 5.91 Å². The minimum absolute atomic E-state index is 0.167. The number of halogens is 3. The van der Waals surface area contributed by atoms with Gasteiger partial charge in [-0.1, -0.05) is 0 Å². The average molecular weight is 423 g/mol. The highest BCUT2D eigenvalue weighted by molar-refractivity contribution is 5.80. The second-order valence-electron chi connectivity index (χ2n) is 7.86. The van der Waals surface area contributed by atoms with Gasteiger partial charge in [0.1, 0.15) is 0 Å². The fourth-order valence-electron chi connectivity index (χ4n) is 4.54. The molecule has 1 aromatic carbocycles. The van der Waals surface area contributed by atoms with E-state index in [-0.39, 0.29) is 12.6 Å². The minimum Gasteiger partial charge on any atom is -0.370 e. The number of nitriles is 1. The lowest BCUT2D eigenvalue weighted by molar-refractivity contribution is -0.137. The zero-order valence-corrected chi connectivity index (χ0v) is 16.6. The van der Waals surface area contributed by atoms with Crippen LogP contribution in [0.4, 0.5) is 23.7 Å². The fourth-order valence-corrected chi connectivity index (χ4v) is 4.54. The largest absolute Gasteiger partial charge is 0.417 e. The van der Waals surface area contributed by atoms with E-state index in [1.807, 2.05) is 6.92 Å². The van der Waals surface area contributed by atoms with Crippen LogP contribution in [0.2, 0.25) is 0 Å². The van der Waals surface area contributed by atoms with Gasteiger partial charge >= 0.3 is 12.2 Å². The maximum atomic E-state index is 13.3. The first-order valence-corrected chi connectivity index (χ1v) is 9.79. The number of benzene rings is 1. The Hall–Kier alpha value is -2.96. The van der Waals surface area contributed by atoms with E-state index < -0.39 is 34.5 Å². The molecular formula is C20H24F3N5O2. The number of alkyl halides is 3. The van der Waals surface area contributed by atoms with Crippen LogP contribution in [0.25, 0.3) is 0 Å². The lowest BCUT2D eigenvalue weighted by Crippen LogP contribution is -2.51. The third-order valence-electron chi connectivity index (χ3n) is 6.16. The van der Waals surface area contributed by atoms with Gasteiger partial charge in [0.05, 0.1) is 23.1 Å². The normalized spacial score (nSPS) is 20.8. The summed E-state index contributed by atoms with van der Waals surface area (Å²) in [5, 5.41) is 11.7. The van der Waals surface area contributed by atoms with Crippen molar-refractivity contribution in [2.24, 2.45) is 17.1 Å². The average Bonchev–Trinajstić information content (AvgIpc) is 3.06. The van der Waals surface area contributed by atoms with Crippen LogP contribution in [0.15, 0.2) is 18.2 Å². The molecule has 7 nitrogen and oxygen atoms in total. The van der Waals surface area contributed by atoms with E-state index in [0.717, 1.165) is 12.1 Å². The van der Waals surface area contributed by atoms with Crippen LogP contribution in [0.5, 0.6) is 0 Å². The number of hydrogen-bond acceptors (Lipinski definition) is 4. The molecule has 1 aromatic rings. The molecule has 1 atom stereocenters. The van der Waals surface area contributed by atoms with Crippen molar-refractivity contribution in [3.05, 3.63) is 29.3 Å². The molecular weight excluding hydrogens is 399 g/mol. The molecule has 3 rings (SSSR count). The zero-order valence-electron chi connectivity index (χ0n) is 16.6. The summed E-state index contributed by atoms with van der Waals surface area (Å²) in [6.07, 6.45) is -3.58. The van der Waals surface area contributed by atoms with E-state index in [1.165, 1.54) is 6.07 Å². The van der Waals surface area contributed by atoms with Crippen molar-refractivity contribution in [2.45, 2.75) is 25.9 Å². The number of nitrogens with two attached hydrogens (primary N) is 1. The first-order valence-electron chi connectivity index (χ1n) is 9.79. The van der Waals surface area contributed by atoms with Gasteiger partial charge in [0.25, 0.3) is 0 Å². The highest BCUT2D eigenvalue weighted by atomic mass is 19.4. The Morgan fingerprint density at radius 2 is 2.00 bits per heavy atom. The Bertz CT molecular complexity index is 872. The van der Waals surface area contributed by atoms with E-state index in [2.05, 4.69) is 5.32 Å². The molecule has 1 spiro atoms. The van der Waals surface area contributed by atoms with Crippen LogP contribution < -0.4 is 16.0 Å². The van der Waals surface area contributed by atoms with Crippen molar-refractivity contribution in [3.8, 4) is 6.07 Å². The van der Waals surface area contributed by atoms with Gasteiger partial charge in [0, 0.05) is 43.8 Å². The standard InChI is InChI=1S/C20H24F3N5O2/c1-2-26-18(30)27-7-5-19(6-8-27)12-28(11-16(19)17(25)29)14-4-3-13(10-24)15(9-14)20(21,22)23/h3-4,9,16H,2,5-8,11-12H2,1H3,(H2,25,29)(H,26,30). The number of carbonyl (C=O) groups is 2. The van der Waals surface area contributed by atoms with Crippen molar-refractivity contribution in [3.63, 3.8) is 0 Å². The first kappa shape index (κ1) is 21.7. The number of carbonyl (C=O) groups excluding carboxylic acids is 2. The van der Waals surface area contributed by atoms with E-state index in [9.17, 15) is 22.8 Å². The molecule has 3 N–H and O–H groups in total. The number of amides is 3. The molecule has 10 heteroatoms. The SMILES string of the molecule is CCNC(=O)N1CCC2(CC1)CN(c1ccc(C#N)c(C(F)(F)F)c1)CC2C(N)=O. The molecule has 30 heavy (non-hydrogen) atoms. The van der Waals surface area contributed by atoms with Crippen LogP contribution in [0, 0.1) is 22.7 Å².